The predicted octanol–water partition coefficient (Wildman–Crippen LogP) is 7.39. The van der Waals surface area contributed by atoms with Gasteiger partial charge >= 0.3 is 6.18 Å². The summed E-state index contributed by atoms with van der Waals surface area (Å²) in [5.41, 5.74) is 1.24. The van der Waals surface area contributed by atoms with Gasteiger partial charge in [-0.3, -0.25) is 9.20 Å². The Morgan fingerprint density at radius 2 is 1.78 bits per heavy atom. The molecule has 1 N–H and O–H groups in total. The number of nitrogens with one attached hydrogen (secondary N) is 1. The van der Waals surface area contributed by atoms with E-state index in [0.29, 0.717) is 52.4 Å². The molecule has 0 spiro atoms. The minimum absolute atomic E-state index is 0.0624. The van der Waals surface area contributed by atoms with Crippen LogP contribution in [0.25, 0.3) is 33.3 Å². The van der Waals surface area contributed by atoms with E-state index >= 15 is 0 Å². The zero-order chi connectivity index (χ0) is 51.7. The number of sulfonamides is 1. The summed E-state index contributed by atoms with van der Waals surface area (Å²) < 4.78 is 108. The number of allylic oxidation sites excluding steroid dienone is 3. The molecule has 4 aliphatic rings. The molecule has 0 bridgehead atoms. The number of methoxy groups -OCH3 is 1. The third-order valence-corrected chi connectivity index (χ3v) is 16.2. The molecule has 1 aliphatic heterocycles. The van der Waals surface area contributed by atoms with Gasteiger partial charge in [-0.15, -0.1) is 10.2 Å². The molecular formula is C47H52F5N15O4S2. The fourth-order valence-electron chi connectivity index (χ4n) is 9.32. The van der Waals surface area contributed by atoms with Crippen molar-refractivity contribution in [2.45, 2.75) is 101 Å². The summed E-state index contributed by atoms with van der Waals surface area (Å²) in [6, 6.07) is 0.850. The number of piperazine rings is 1. The molecule has 19 nitrogen and oxygen atoms in total. The lowest BCUT2D eigenvalue weighted by molar-refractivity contribution is -0.141. The second-order valence-corrected chi connectivity index (χ2v) is 22.2. The van der Waals surface area contributed by atoms with Crippen molar-refractivity contribution in [2.24, 2.45) is 11.8 Å². The molecule has 0 radical (unpaired) electrons. The number of aromatic nitrogens is 11. The van der Waals surface area contributed by atoms with E-state index in [4.69, 9.17) is 9.72 Å². The van der Waals surface area contributed by atoms with Crippen LogP contribution in [0.5, 0.6) is 5.88 Å². The van der Waals surface area contributed by atoms with Gasteiger partial charge in [0.05, 0.1) is 36.7 Å². The molecule has 1 saturated heterocycles. The monoisotopic (exact) mass is 1050 g/mol. The third kappa shape index (κ3) is 10.1. The number of carbonyl (C=O) groups is 1. The van der Waals surface area contributed by atoms with E-state index in [-0.39, 0.29) is 95.8 Å². The van der Waals surface area contributed by atoms with Crippen molar-refractivity contribution in [3.8, 4) is 28.1 Å². The number of imidazole rings is 2. The van der Waals surface area contributed by atoms with E-state index in [9.17, 15) is 35.2 Å². The van der Waals surface area contributed by atoms with Gasteiger partial charge in [-0.25, -0.2) is 51.8 Å². The number of hydrogen-bond acceptors (Lipinski definition) is 16. The summed E-state index contributed by atoms with van der Waals surface area (Å²) in [6.07, 6.45) is 8.05. The Bertz CT molecular complexity index is 3260. The first-order valence-electron chi connectivity index (χ1n) is 23.8. The second kappa shape index (κ2) is 19.1. The van der Waals surface area contributed by atoms with E-state index in [1.807, 2.05) is 37.8 Å². The third-order valence-electron chi connectivity index (χ3n) is 13.7. The van der Waals surface area contributed by atoms with Crippen molar-refractivity contribution in [1.82, 2.24) is 63.7 Å². The number of halogens is 5. The number of nitrogens with zero attached hydrogens (tertiary/aromatic N) is 14. The molecule has 3 atom stereocenters. The van der Waals surface area contributed by atoms with Gasteiger partial charge in [-0.1, -0.05) is 36.5 Å². The molecule has 26 heteroatoms. The van der Waals surface area contributed by atoms with E-state index in [0.717, 1.165) is 24.7 Å². The molecule has 73 heavy (non-hydrogen) atoms. The molecule has 386 valence electrons. The van der Waals surface area contributed by atoms with Crippen molar-refractivity contribution in [3.63, 3.8) is 0 Å². The molecule has 6 aromatic rings. The van der Waals surface area contributed by atoms with E-state index < -0.39 is 44.9 Å². The van der Waals surface area contributed by atoms with Crippen LogP contribution in [-0.2, 0) is 21.0 Å². The summed E-state index contributed by atoms with van der Waals surface area (Å²) in [4.78, 5) is 51.6. The summed E-state index contributed by atoms with van der Waals surface area (Å²) in [7, 11) is -2.57. The SMILES string of the molecule is COc1ncnc(C2CC2)c1-c1ncnc(N(CC(=O)N2CCN(c3cc(S(=O)(=O)NC4(C)CC4)cn4c(-c5nnc(C(F)F)s5)ncc34)C[C@@H]2C)CC2C=CC(c3nc(C(F)(F)F)cn3C(C)C)=CC2C)n1. The summed E-state index contributed by atoms with van der Waals surface area (Å²) in [5.74, 6) is 0.513. The van der Waals surface area contributed by atoms with Crippen LogP contribution >= 0.6 is 11.3 Å². The molecule has 3 aliphatic carbocycles. The molecule has 10 rings (SSSR count). The van der Waals surface area contributed by atoms with Gasteiger partial charge in [0.1, 0.15) is 28.9 Å². The lowest BCUT2D eigenvalue weighted by Crippen LogP contribution is -2.56. The van der Waals surface area contributed by atoms with E-state index in [2.05, 4.69) is 44.8 Å². The Balaban J connectivity index is 0.945. The number of amides is 1. The lowest BCUT2D eigenvalue weighted by Gasteiger charge is -2.42. The molecule has 2 unspecified atom stereocenters. The average Bonchev–Trinajstić information content (AvgIpc) is 4.11. The van der Waals surface area contributed by atoms with Gasteiger partial charge in [0.15, 0.2) is 27.4 Å². The molecule has 2 saturated carbocycles. The number of hydrogen-bond donors (Lipinski definition) is 1. The van der Waals surface area contributed by atoms with E-state index in [1.165, 1.54) is 41.1 Å². The first-order chi connectivity index (χ1) is 34.7. The standard InChI is InChI=1S/C47H52F5N15O4S2/c1-25(2)66-21-34(47(50,51)52)58-40(66)29-9-10-30(26(3)15-29)19-64(45-57-24-55-39(59-45)36-37(28-7-8-28)54-23-56-42(36)71-6)22-35(68)65-14-13-63(18-27(65)4)32-16-31(73(69,70)62-46(5)11-12-46)20-67-33(32)17-53-41(67)44-61-60-43(72-44)38(48)49/h9-10,15-17,20-21,23-28,30,38,62H,7-8,11-14,18-19,22H2,1-6H3/t26?,27-,30?/m0/s1. The molecule has 1 amide bonds. The van der Waals surface area contributed by atoms with Crippen LogP contribution in [-0.4, -0.2) is 125 Å². The predicted molar refractivity (Wildman–Crippen MR) is 259 cm³/mol. The summed E-state index contributed by atoms with van der Waals surface area (Å²) in [5, 5.41) is 7.15. The molecule has 6 aromatic heterocycles. The molecule has 7 heterocycles. The fourth-order valence-corrected chi connectivity index (χ4v) is 11.5. The first kappa shape index (κ1) is 50.0. The highest BCUT2D eigenvalue weighted by Gasteiger charge is 2.42. The number of pyridine rings is 1. The number of alkyl halides is 5. The zero-order valence-electron chi connectivity index (χ0n) is 40.6. The Hall–Kier alpha value is -6.54. The van der Waals surface area contributed by atoms with Gasteiger partial charge in [0, 0.05) is 73.6 Å². The van der Waals surface area contributed by atoms with Crippen molar-refractivity contribution in [1.29, 1.82) is 0 Å². The second-order valence-electron chi connectivity index (χ2n) is 19.6. The van der Waals surface area contributed by atoms with E-state index in [1.54, 1.807) is 35.8 Å². The van der Waals surface area contributed by atoms with Gasteiger partial charge in [0.2, 0.25) is 27.8 Å². The van der Waals surface area contributed by atoms with Crippen LogP contribution < -0.4 is 19.3 Å². The summed E-state index contributed by atoms with van der Waals surface area (Å²) in [6.45, 7) is 10.1. The number of carbonyl (C=O) groups excluding carboxylic acids is 1. The van der Waals surface area contributed by atoms with Crippen LogP contribution in [0.1, 0.15) is 101 Å². The highest BCUT2D eigenvalue weighted by Crippen LogP contribution is 2.45. The van der Waals surface area contributed by atoms with Crippen LogP contribution in [0.4, 0.5) is 33.6 Å². The van der Waals surface area contributed by atoms with Gasteiger partial charge in [-0.2, -0.15) is 18.2 Å². The van der Waals surface area contributed by atoms with Gasteiger partial charge < -0.3 is 24.0 Å². The fraction of sp³-hybridized carbons (Fsp3) is 0.489. The summed E-state index contributed by atoms with van der Waals surface area (Å²) >= 11 is 0.663. The highest BCUT2D eigenvalue weighted by atomic mass is 32.2. The van der Waals surface area contributed by atoms with Crippen molar-refractivity contribution >= 4 is 50.0 Å². The Labute approximate surface area is 420 Å². The molecular weight excluding hydrogens is 998 g/mol. The van der Waals surface area contributed by atoms with Crippen molar-refractivity contribution < 1.29 is 39.9 Å². The Morgan fingerprint density at radius 1 is 1.01 bits per heavy atom. The minimum Gasteiger partial charge on any atom is -0.480 e. The Kier molecular flexibility index (Phi) is 13.1. The maximum Gasteiger partial charge on any atom is 0.434 e. The van der Waals surface area contributed by atoms with Crippen LogP contribution in [0.15, 0.2) is 60.4 Å². The normalized spacial score (nSPS) is 20.1. The average molecular weight is 1050 g/mol. The smallest absolute Gasteiger partial charge is 0.434 e. The Morgan fingerprint density at radius 3 is 2.44 bits per heavy atom. The first-order valence-corrected chi connectivity index (χ1v) is 26.1. The number of anilines is 2. The van der Waals surface area contributed by atoms with Crippen molar-refractivity contribution in [2.75, 3.05) is 49.6 Å². The number of ether oxygens (including phenoxy) is 1. The lowest BCUT2D eigenvalue weighted by atomic mass is 9.86. The number of rotatable bonds is 16. The van der Waals surface area contributed by atoms with Crippen LogP contribution in [0.2, 0.25) is 0 Å². The quantitative estimate of drug-likeness (QED) is 0.0938. The van der Waals surface area contributed by atoms with Crippen LogP contribution in [0, 0.1) is 11.8 Å². The number of fused-ring (bicyclic) bond motifs is 1. The maximum absolute atomic E-state index is 14.8. The minimum atomic E-state index is -4.62. The topological polar surface area (TPSA) is 208 Å². The molecule has 3 fully saturated rings. The largest absolute Gasteiger partial charge is 0.480 e. The van der Waals surface area contributed by atoms with Gasteiger partial charge in [0.25, 0.3) is 6.43 Å². The maximum atomic E-state index is 14.8. The highest BCUT2D eigenvalue weighted by molar-refractivity contribution is 7.89. The molecule has 0 aromatic carbocycles. The zero-order valence-corrected chi connectivity index (χ0v) is 42.3. The van der Waals surface area contributed by atoms with Crippen LogP contribution in [0.3, 0.4) is 0 Å². The van der Waals surface area contributed by atoms with Gasteiger partial charge in [-0.05, 0) is 65.4 Å². The van der Waals surface area contributed by atoms with Crippen molar-refractivity contribution in [3.05, 3.63) is 77.8 Å².